The molecule has 0 saturated carbocycles. The Hall–Kier alpha value is -4.36. The van der Waals surface area contributed by atoms with Gasteiger partial charge in [0.1, 0.15) is 18.1 Å². The molecule has 0 radical (unpaired) electrons. The Morgan fingerprint density at radius 2 is 1.84 bits per heavy atom. The van der Waals surface area contributed by atoms with Gasteiger partial charge in [0.25, 0.3) is 5.56 Å². The fraction of sp³-hybridized carbons (Fsp3) is 0.212. The Balaban J connectivity index is 1.64. The minimum Gasteiger partial charge on any atom is -0.494 e. The van der Waals surface area contributed by atoms with E-state index < -0.39 is 12.0 Å². The fourth-order valence-corrected chi connectivity index (χ4v) is 6.51. The molecule has 224 valence electrons. The Kier molecular flexibility index (Phi) is 9.55. The number of nitriles is 1. The zero-order valence-corrected chi connectivity index (χ0v) is 26.4. The minimum atomic E-state index is -0.774. The summed E-state index contributed by atoms with van der Waals surface area (Å²) in [5.41, 5.74) is 2.71. The number of carbonyl (C=O) groups excluding carboxylic acids is 1. The summed E-state index contributed by atoms with van der Waals surface area (Å²) in [6, 6.07) is 18.9. The van der Waals surface area contributed by atoms with Gasteiger partial charge >= 0.3 is 5.97 Å². The van der Waals surface area contributed by atoms with Gasteiger partial charge in [0, 0.05) is 16.1 Å². The largest absolute Gasteiger partial charge is 0.494 e. The SMILES string of the molecule is CCOC(=O)C1=C(C)N=c2s/c(=C\c3cc(Cl)cc(Cl)c3OCc3ccccc3C#N)c(=O)n2[C@H]1c1ccc(OCC)cc1. The van der Waals surface area contributed by atoms with Crippen LogP contribution in [-0.2, 0) is 16.1 Å². The van der Waals surface area contributed by atoms with Gasteiger partial charge < -0.3 is 14.2 Å². The number of ether oxygens (including phenoxy) is 3. The van der Waals surface area contributed by atoms with E-state index in [1.54, 1.807) is 62.4 Å². The molecule has 1 atom stereocenters. The van der Waals surface area contributed by atoms with Crippen LogP contribution in [0.2, 0.25) is 10.0 Å². The lowest BCUT2D eigenvalue weighted by Gasteiger charge is -2.24. The predicted octanol–water partition coefficient (Wildman–Crippen LogP) is 5.95. The highest BCUT2D eigenvalue weighted by molar-refractivity contribution is 7.07. The van der Waals surface area contributed by atoms with Gasteiger partial charge in [0.15, 0.2) is 4.80 Å². The highest BCUT2D eigenvalue weighted by atomic mass is 35.5. The molecule has 0 N–H and O–H groups in total. The third kappa shape index (κ3) is 6.29. The maximum absolute atomic E-state index is 14.1. The quantitative estimate of drug-likeness (QED) is 0.208. The van der Waals surface area contributed by atoms with Crippen LogP contribution in [0.3, 0.4) is 0 Å². The van der Waals surface area contributed by atoms with Gasteiger partial charge in [-0.3, -0.25) is 9.36 Å². The molecule has 0 spiro atoms. The molecule has 5 rings (SSSR count). The summed E-state index contributed by atoms with van der Waals surface area (Å²) in [6.07, 6.45) is 1.64. The smallest absolute Gasteiger partial charge is 0.338 e. The number of hydrogen-bond donors (Lipinski definition) is 0. The van der Waals surface area contributed by atoms with E-state index in [1.807, 2.05) is 25.1 Å². The first-order chi connectivity index (χ1) is 21.2. The summed E-state index contributed by atoms with van der Waals surface area (Å²) in [5.74, 6) is 0.433. The van der Waals surface area contributed by atoms with Crippen LogP contribution in [0.15, 0.2) is 81.7 Å². The Morgan fingerprint density at radius 1 is 1.09 bits per heavy atom. The van der Waals surface area contributed by atoms with E-state index in [4.69, 9.17) is 37.4 Å². The van der Waals surface area contributed by atoms with Crippen LogP contribution < -0.4 is 24.4 Å². The summed E-state index contributed by atoms with van der Waals surface area (Å²) < 4.78 is 18.9. The first kappa shape index (κ1) is 31.1. The van der Waals surface area contributed by atoms with Crippen molar-refractivity contribution in [3.8, 4) is 17.6 Å². The molecule has 3 aromatic carbocycles. The van der Waals surface area contributed by atoms with Crippen molar-refractivity contribution >= 4 is 46.6 Å². The number of fused-ring (bicyclic) bond motifs is 1. The van der Waals surface area contributed by atoms with Crippen LogP contribution in [0.4, 0.5) is 0 Å². The van der Waals surface area contributed by atoms with E-state index in [9.17, 15) is 14.9 Å². The summed E-state index contributed by atoms with van der Waals surface area (Å²) in [6.45, 7) is 6.11. The van der Waals surface area contributed by atoms with Crippen molar-refractivity contribution in [3.63, 3.8) is 0 Å². The number of thiazole rings is 1. The van der Waals surface area contributed by atoms with Gasteiger partial charge in [0.2, 0.25) is 0 Å². The molecule has 11 heteroatoms. The van der Waals surface area contributed by atoms with Crippen LogP contribution in [0, 0.1) is 11.3 Å². The van der Waals surface area contributed by atoms with Gasteiger partial charge in [-0.1, -0.05) is 64.9 Å². The second-order valence-electron chi connectivity index (χ2n) is 9.67. The molecule has 0 aliphatic carbocycles. The molecule has 0 amide bonds. The van der Waals surface area contributed by atoms with Crippen molar-refractivity contribution in [2.24, 2.45) is 4.99 Å². The molecule has 0 saturated heterocycles. The van der Waals surface area contributed by atoms with Gasteiger partial charge in [-0.15, -0.1) is 0 Å². The minimum absolute atomic E-state index is 0.0764. The number of hydrogen-bond acceptors (Lipinski definition) is 8. The third-order valence-electron chi connectivity index (χ3n) is 6.86. The van der Waals surface area contributed by atoms with E-state index in [0.717, 1.165) is 0 Å². The highest BCUT2D eigenvalue weighted by Gasteiger charge is 2.33. The van der Waals surface area contributed by atoms with Crippen molar-refractivity contribution in [1.29, 1.82) is 5.26 Å². The van der Waals surface area contributed by atoms with Gasteiger partial charge in [-0.2, -0.15) is 5.26 Å². The van der Waals surface area contributed by atoms with Crippen LogP contribution in [-0.4, -0.2) is 23.8 Å². The average Bonchev–Trinajstić information content (AvgIpc) is 3.30. The van der Waals surface area contributed by atoms with Crippen LogP contribution in [0.1, 0.15) is 49.1 Å². The summed E-state index contributed by atoms with van der Waals surface area (Å²) in [5, 5.41) is 10.1. The number of nitrogens with zero attached hydrogens (tertiary/aromatic N) is 3. The summed E-state index contributed by atoms with van der Waals surface area (Å²) in [4.78, 5) is 32.3. The Morgan fingerprint density at radius 3 is 2.55 bits per heavy atom. The van der Waals surface area contributed by atoms with E-state index >= 15 is 0 Å². The summed E-state index contributed by atoms with van der Waals surface area (Å²) in [7, 11) is 0. The normalized spacial score (nSPS) is 14.5. The molecular weight excluding hydrogens is 621 g/mol. The van der Waals surface area contributed by atoms with Crippen molar-refractivity contribution in [1.82, 2.24) is 4.57 Å². The molecule has 0 bridgehead atoms. The molecule has 1 aliphatic heterocycles. The monoisotopic (exact) mass is 647 g/mol. The van der Waals surface area contributed by atoms with Crippen molar-refractivity contribution in [3.05, 3.63) is 124 Å². The molecule has 2 heterocycles. The zero-order valence-electron chi connectivity index (χ0n) is 24.1. The molecule has 8 nitrogen and oxygen atoms in total. The molecule has 0 fully saturated rings. The molecule has 44 heavy (non-hydrogen) atoms. The maximum atomic E-state index is 14.1. The number of aromatic nitrogens is 1. The lowest BCUT2D eigenvalue weighted by Crippen LogP contribution is -2.39. The highest BCUT2D eigenvalue weighted by Crippen LogP contribution is 2.34. The number of allylic oxidation sites excluding steroid dienone is 1. The van der Waals surface area contributed by atoms with Crippen LogP contribution in [0.5, 0.6) is 11.5 Å². The standard InChI is InChI=1S/C33H27Cl2N3O5S/c1-4-41-25-12-10-20(11-13-25)29-28(32(40)42-5-2)19(3)37-33-38(29)31(39)27(44-33)15-23-14-24(34)16-26(35)30(23)43-18-22-9-7-6-8-21(22)17-36/h6-16,29H,4-5,18H2,1-3H3/b27-15-/t29-/m0/s1. The first-order valence-corrected chi connectivity index (χ1v) is 15.3. The van der Waals surface area contributed by atoms with E-state index in [2.05, 4.69) is 11.1 Å². The van der Waals surface area contributed by atoms with Gasteiger partial charge in [-0.25, -0.2) is 9.79 Å². The van der Waals surface area contributed by atoms with E-state index in [1.165, 1.54) is 15.9 Å². The average molecular weight is 649 g/mol. The number of benzene rings is 3. The Bertz CT molecular complexity index is 1990. The molecule has 1 aromatic heterocycles. The number of esters is 1. The molecule has 1 aliphatic rings. The number of halogens is 2. The van der Waals surface area contributed by atoms with Crippen LogP contribution >= 0.6 is 34.5 Å². The second kappa shape index (κ2) is 13.5. The third-order valence-corrected chi connectivity index (χ3v) is 8.34. The number of carbonyl (C=O) groups is 1. The maximum Gasteiger partial charge on any atom is 0.338 e. The van der Waals surface area contributed by atoms with Crippen molar-refractivity contribution in [2.45, 2.75) is 33.4 Å². The molecular formula is C33H27Cl2N3O5S. The zero-order chi connectivity index (χ0) is 31.4. The van der Waals surface area contributed by atoms with Gasteiger partial charge in [0.05, 0.1) is 51.7 Å². The van der Waals surface area contributed by atoms with Crippen molar-refractivity contribution in [2.75, 3.05) is 13.2 Å². The van der Waals surface area contributed by atoms with E-state index in [-0.39, 0.29) is 29.4 Å². The number of rotatable bonds is 9. The molecule has 0 unspecified atom stereocenters. The van der Waals surface area contributed by atoms with Crippen molar-refractivity contribution < 1.29 is 19.0 Å². The summed E-state index contributed by atoms with van der Waals surface area (Å²) >= 11 is 14.1. The Labute approximate surface area is 267 Å². The fourth-order valence-electron chi connectivity index (χ4n) is 4.91. The molecule has 4 aromatic rings. The van der Waals surface area contributed by atoms with Gasteiger partial charge in [-0.05, 0) is 62.7 Å². The lowest BCUT2D eigenvalue weighted by atomic mass is 9.96. The first-order valence-electron chi connectivity index (χ1n) is 13.8. The lowest BCUT2D eigenvalue weighted by molar-refractivity contribution is -0.139. The van der Waals surface area contributed by atoms with Crippen LogP contribution in [0.25, 0.3) is 6.08 Å². The van der Waals surface area contributed by atoms with E-state index in [0.29, 0.717) is 60.4 Å². The topological polar surface area (TPSA) is 103 Å². The predicted molar refractivity (Wildman–Crippen MR) is 170 cm³/mol. The second-order valence-corrected chi connectivity index (χ2v) is 11.5.